The highest BCUT2D eigenvalue weighted by Gasteiger charge is 2.52. The van der Waals surface area contributed by atoms with Gasteiger partial charge in [-0.25, -0.2) is 12.8 Å². The minimum absolute atomic E-state index is 0.114. The summed E-state index contributed by atoms with van der Waals surface area (Å²) in [5.41, 5.74) is 0.559. The van der Waals surface area contributed by atoms with Crippen molar-refractivity contribution < 1.29 is 22.3 Å². The van der Waals surface area contributed by atoms with Crippen LogP contribution in [0.2, 0.25) is 0 Å². The average molecular weight is 418 g/mol. The number of unbranched alkanes of at least 4 members (excludes halogenated alkanes) is 1. The lowest BCUT2D eigenvalue weighted by molar-refractivity contribution is -0.146. The fraction of sp³-hybridized carbons (Fsp3) is 0.364. The number of carbonyl (C=O) groups excluding carboxylic acids is 1. The summed E-state index contributed by atoms with van der Waals surface area (Å²) in [4.78, 5) is 17.0. The fourth-order valence-corrected chi connectivity index (χ4v) is 4.69. The highest BCUT2D eigenvalue weighted by atomic mass is 32.2. The molecule has 29 heavy (non-hydrogen) atoms. The Bertz CT molecular complexity index is 979. The lowest BCUT2D eigenvalue weighted by atomic mass is 9.96. The topological polar surface area (TPSA) is 73.3 Å². The van der Waals surface area contributed by atoms with Crippen LogP contribution in [0.4, 0.5) is 4.39 Å². The van der Waals surface area contributed by atoms with Crippen molar-refractivity contribution >= 4 is 15.8 Å². The van der Waals surface area contributed by atoms with Crippen molar-refractivity contribution in [2.45, 2.75) is 49.2 Å². The molecule has 0 saturated carbocycles. The summed E-state index contributed by atoms with van der Waals surface area (Å²) < 4.78 is 44.0. The van der Waals surface area contributed by atoms with Gasteiger partial charge in [0.2, 0.25) is 0 Å². The second-order valence-corrected chi connectivity index (χ2v) is 8.84. The van der Waals surface area contributed by atoms with Gasteiger partial charge < -0.3 is 4.74 Å². The molecule has 1 unspecified atom stereocenters. The quantitative estimate of drug-likeness (QED) is 0.269. The maximum absolute atomic E-state index is 13.6. The number of aromatic nitrogens is 1. The minimum atomic E-state index is -4.26. The van der Waals surface area contributed by atoms with Crippen molar-refractivity contribution in [2.24, 2.45) is 0 Å². The molecular formula is C22H24FNO4S. The average Bonchev–Trinajstić information content (AvgIpc) is 2.72. The molecule has 0 aliphatic heterocycles. The zero-order valence-electron chi connectivity index (χ0n) is 16.5. The van der Waals surface area contributed by atoms with Crippen molar-refractivity contribution in [3.05, 3.63) is 60.2 Å². The lowest BCUT2D eigenvalue weighted by Gasteiger charge is -2.30. The molecule has 0 radical (unpaired) electrons. The molecule has 0 bridgehead atoms. The van der Waals surface area contributed by atoms with Crippen LogP contribution in [-0.2, 0) is 25.8 Å². The van der Waals surface area contributed by atoms with E-state index in [2.05, 4.69) is 16.8 Å². The van der Waals surface area contributed by atoms with E-state index in [0.29, 0.717) is 12.0 Å². The number of halogens is 1. The first-order valence-electron chi connectivity index (χ1n) is 9.33. The first kappa shape index (κ1) is 22.6. The normalized spacial score (nSPS) is 13.1. The predicted octanol–water partition coefficient (Wildman–Crippen LogP) is 3.73. The van der Waals surface area contributed by atoms with E-state index in [9.17, 15) is 17.6 Å². The van der Waals surface area contributed by atoms with E-state index in [1.807, 2.05) is 6.92 Å². The van der Waals surface area contributed by atoms with Crippen LogP contribution in [0.15, 0.2) is 53.7 Å². The summed E-state index contributed by atoms with van der Waals surface area (Å²) in [6, 6.07) is 7.77. The number of rotatable bonds is 9. The summed E-state index contributed by atoms with van der Waals surface area (Å²) in [6.45, 7) is 3.62. The van der Waals surface area contributed by atoms with Gasteiger partial charge in [0.15, 0.2) is 14.6 Å². The Morgan fingerprint density at radius 1 is 1.24 bits per heavy atom. The lowest BCUT2D eigenvalue weighted by Crippen LogP contribution is -2.49. The van der Waals surface area contributed by atoms with Gasteiger partial charge in [-0.1, -0.05) is 19.4 Å². The first-order chi connectivity index (χ1) is 13.9. The van der Waals surface area contributed by atoms with E-state index in [-0.39, 0.29) is 24.3 Å². The van der Waals surface area contributed by atoms with Crippen LogP contribution in [0.1, 0.15) is 38.7 Å². The number of esters is 1. The van der Waals surface area contributed by atoms with Crippen LogP contribution in [0.3, 0.4) is 0 Å². The molecule has 0 N–H and O–H groups in total. The summed E-state index contributed by atoms with van der Waals surface area (Å²) >= 11 is 0. The molecule has 1 aromatic carbocycles. The number of ether oxygens (including phenoxy) is 1. The van der Waals surface area contributed by atoms with Gasteiger partial charge in [0.05, 0.1) is 11.5 Å². The van der Waals surface area contributed by atoms with Gasteiger partial charge in [-0.3, -0.25) is 9.78 Å². The van der Waals surface area contributed by atoms with Crippen LogP contribution >= 0.6 is 0 Å². The van der Waals surface area contributed by atoms with Crippen LogP contribution in [-0.4, -0.2) is 30.7 Å². The number of hydrogen-bond acceptors (Lipinski definition) is 5. The van der Waals surface area contributed by atoms with Crippen molar-refractivity contribution in [1.29, 1.82) is 0 Å². The van der Waals surface area contributed by atoms with E-state index in [0.717, 1.165) is 30.7 Å². The zero-order chi connectivity index (χ0) is 21.3. The largest absolute Gasteiger partial charge is 0.464 e. The van der Waals surface area contributed by atoms with Gasteiger partial charge in [-0.2, -0.15) is 0 Å². The molecule has 0 amide bonds. The molecule has 0 aliphatic carbocycles. The smallest absolute Gasteiger partial charge is 0.329 e. The molecule has 1 atom stereocenters. The molecule has 0 aliphatic rings. The SMILES string of the molecule is CC#CCC(Cc1cccnc1)(C(=O)OCCCC)S(=O)(=O)c1ccc(F)cc1. The van der Waals surface area contributed by atoms with Gasteiger partial charge in [0.1, 0.15) is 5.82 Å². The maximum Gasteiger partial charge on any atom is 0.329 e. The Morgan fingerprint density at radius 3 is 2.55 bits per heavy atom. The molecule has 5 nitrogen and oxygen atoms in total. The van der Waals surface area contributed by atoms with E-state index in [1.165, 1.54) is 6.20 Å². The van der Waals surface area contributed by atoms with Crippen LogP contribution in [0.25, 0.3) is 0 Å². The number of nitrogens with zero attached hydrogens (tertiary/aromatic N) is 1. The monoisotopic (exact) mass is 417 g/mol. The highest BCUT2D eigenvalue weighted by molar-refractivity contribution is 7.93. The zero-order valence-corrected chi connectivity index (χ0v) is 17.3. The third-order valence-electron chi connectivity index (χ3n) is 4.50. The van der Waals surface area contributed by atoms with Crippen LogP contribution < -0.4 is 0 Å². The fourth-order valence-electron chi connectivity index (χ4n) is 2.85. The summed E-state index contributed by atoms with van der Waals surface area (Å²) in [6.07, 6.45) is 4.08. The van der Waals surface area contributed by atoms with Crippen molar-refractivity contribution in [2.75, 3.05) is 6.61 Å². The van der Waals surface area contributed by atoms with Crippen molar-refractivity contribution in [3.8, 4) is 11.8 Å². The summed E-state index contributed by atoms with van der Waals surface area (Å²) in [7, 11) is -4.26. The highest BCUT2D eigenvalue weighted by Crippen LogP contribution is 2.34. The van der Waals surface area contributed by atoms with E-state index >= 15 is 0 Å². The Hall–Kier alpha value is -2.72. The molecule has 0 fully saturated rings. The molecular weight excluding hydrogens is 393 g/mol. The minimum Gasteiger partial charge on any atom is -0.464 e. The van der Waals surface area contributed by atoms with E-state index in [1.54, 1.807) is 25.3 Å². The number of pyridine rings is 1. The van der Waals surface area contributed by atoms with Crippen LogP contribution in [0, 0.1) is 17.7 Å². The van der Waals surface area contributed by atoms with Crippen LogP contribution in [0.5, 0.6) is 0 Å². The van der Waals surface area contributed by atoms with Gasteiger partial charge in [-0.05, 0) is 49.2 Å². The Morgan fingerprint density at radius 2 is 1.97 bits per heavy atom. The van der Waals surface area contributed by atoms with Gasteiger partial charge in [0.25, 0.3) is 0 Å². The summed E-state index contributed by atoms with van der Waals surface area (Å²) in [5, 5.41) is 0. The van der Waals surface area contributed by atoms with Gasteiger partial charge >= 0.3 is 5.97 Å². The number of benzene rings is 1. The molecule has 2 aromatic rings. The molecule has 0 saturated heterocycles. The number of sulfone groups is 1. The first-order valence-corrected chi connectivity index (χ1v) is 10.8. The van der Waals surface area contributed by atoms with E-state index in [4.69, 9.17) is 4.74 Å². The van der Waals surface area contributed by atoms with Crippen molar-refractivity contribution in [1.82, 2.24) is 4.98 Å². The third kappa shape index (κ3) is 5.21. The van der Waals surface area contributed by atoms with Gasteiger partial charge in [0, 0.05) is 25.2 Å². The Kier molecular flexibility index (Phi) is 7.91. The second-order valence-electron chi connectivity index (χ2n) is 6.58. The predicted molar refractivity (Wildman–Crippen MR) is 108 cm³/mol. The molecule has 1 aromatic heterocycles. The number of hydrogen-bond donors (Lipinski definition) is 0. The number of carbonyl (C=O) groups is 1. The molecule has 2 rings (SSSR count). The van der Waals surface area contributed by atoms with Gasteiger partial charge in [-0.15, -0.1) is 11.8 Å². The standard InChI is InChI=1S/C22H24FNO4S/c1-3-5-13-22(21(25)28-15-6-4-2,16-18-8-7-14-24-17-18)29(26,27)20-11-9-19(23)10-12-20/h7-12,14,17H,4,6,13,15-16H2,1-2H3. The molecule has 1 heterocycles. The molecule has 7 heteroatoms. The van der Waals surface area contributed by atoms with E-state index < -0.39 is 26.4 Å². The van der Waals surface area contributed by atoms with Crippen molar-refractivity contribution in [3.63, 3.8) is 0 Å². The molecule has 154 valence electrons. The Balaban J connectivity index is 2.62. The molecule has 0 spiro atoms. The third-order valence-corrected chi connectivity index (χ3v) is 6.88. The summed E-state index contributed by atoms with van der Waals surface area (Å²) in [5.74, 6) is 3.98. The maximum atomic E-state index is 13.6. The second kappa shape index (κ2) is 10.2. The Labute approximate surface area is 171 Å².